The first-order valence-corrected chi connectivity index (χ1v) is 9.11. The molecule has 4 rings (SSSR count). The molecule has 3 heteroatoms. The van der Waals surface area contributed by atoms with Crippen LogP contribution in [0, 0.1) is 12.7 Å². The van der Waals surface area contributed by atoms with Gasteiger partial charge < -0.3 is 4.57 Å². The van der Waals surface area contributed by atoms with Crippen molar-refractivity contribution in [2.24, 2.45) is 0 Å². The minimum absolute atomic E-state index is 0.106. The highest BCUT2D eigenvalue weighted by Crippen LogP contribution is 2.38. The van der Waals surface area contributed by atoms with Gasteiger partial charge in [0.15, 0.2) is 0 Å². The number of aromatic nitrogens is 1. The van der Waals surface area contributed by atoms with Gasteiger partial charge in [0, 0.05) is 36.6 Å². The molecule has 1 unspecified atom stereocenters. The molecule has 1 aliphatic rings. The smallest absolute Gasteiger partial charge is 0.147 e. The summed E-state index contributed by atoms with van der Waals surface area (Å²) in [4.78, 5) is 2.36. The van der Waals surface area contributed by atoms with Gasteiger partial charge in [0.1, 0.15) is 5.82 Å². The van der Waals surface area contributed by atoms with Crippen LogP contribution in [0.4, 0.5) is 4.39 Å². The van der Waals surface area contributed by atoms with Gasteiger partial charge in [-0.05, 0) is 44.5 Å². The maximum Gasteiger partial charge on any atom is 0.147 e. The summed E-state index contributed by atoms with van der Waals surface area (Å²) in [5.74, 6) is -0.106. The fourth-order valence-electron chi connectivity index (χ4n) is 4.12. The molecule has 130 valence electrons. The largest absolute Gasteiger partial charge is 0.342 e. The first-order chi connectivity index (χ1) is 12.1. The molecule has 1 aromatic heterocycles. The summed E-state index contributed by atoms with van der Waals surface area (Å²) in [5.41, 5.74) is 5.99. The Hall–Kier alpha value is -2.13. The van der Waals surface area contributed by atoms with Crippen LogP contribution in [0.25, 0.3) is 10.9 Å². The molecule has 0 N–H and O–H groups in total. The maximum atomic E-state index is 14.7. The summed E-state index contributed by atoms with van der Waals surface area (Å²) >= 11 is 0. The lowest BCUT2D eigenvalue weighted by Gasteiger charge is -2.31. The van der Waals surface area contributed by atoms with Gasteiger partial charge in [-0.2, -0.15) is 0 Å². The second-order valence-electron chi connectivity index (χ2n) is 7.29. The second-order valence-corrected chi connectivity index (χ2v) is 7.29. The zero-order chi connectivity index (χ0) is 17.6. The summed E-state index contributed by atoms with van der Waals surface area (Å²) in [5, 5.41) is 1.08. The van der Waals surface area contributed by atoms with E-state index in [1.165, 1.54) is 22.4 Å². The van der Waals surface area contributed by atoms with Crippen LogP contribution < -0.4 is 0 Å². The quantitative estimate of drug-likeness (QED) is 0.662. The van der Waals surface area contributed by atoms with Crippen molar-refractivity contribution in [2.75, 3.05) is 13.6 Å². The molecular weight excluding hydrogens is 311 g/mol. The lowest BCUT2D eigenvalue weighted by Crippen LogP contribution is -2.31. The first-order valence-electron chi connectivity index (χ1n) is 9.11. The van der Waals surface area contributed by atoms with Gasteiger partial charge in [0.25, 0.3) is 0 Å². The Morgan fingerprint density at radius 2 is 1.88 bits per heavy atom. The fraction of sp³-hybridized carbons (Fsp3) is 0.364. The van der Waals surface area contributed by atoms with E-state index in [1.807, 2.05) is 6.07 Å². The summed E-state index contributed by atoms with van der Waals surface area (Å²) in [7, 11) is 2.16. The second kappa shape index (κ2) is 6.30. The van der Waals surface area contributed by atoms with E-state index < -0.39 is 0 Å². The van der Waals surface area contributed by atoms with Crippen LogP contribution in [0.15, 0.2) is 42.5 Å². The molecule has 2 nitrogen and oxygen atoms in total. The molecule has 0 radical (unpaired) electrons. The minimum Gasteiger partial charge on any atom is -0.342 e. The van der Waals surface area contributed by atoms with Crippen LogP contribution in [0.1, 0.15) is 35.3 Å². The molecule has 0 spiro atoms. The van der Waals surface area contributed by atoms with E-state index in [-0.39, 0.29) is 5.82 Å². The molecule has 2 aromatic carbocycles. The Morgan fingerprint density at radius 3 is 2.64 bits per heavy atom. The SMILES string of the molecule is Cc1ccc(CCn2c3c(c4cccc(F)c42)C(C)N(C)CC3)cc1. The van der Waals surface area contributed by atoms with Crippen LogP contribution in [0.2, 0.25) is 0 Å². The van der Waals surface area contributed by atoms with Gasteiger partial charge in [-0.15, -0.1) is 0 Å². The van der Waals surface area contributed by atoms with Crippen molar-refractivity contribution >= 4 is 10.9 Å². The number of likely N-dealkylation sites (N-methyl/N-ethyl adjacent to an activating group) is 1. The van der Waals surface area contributed by atoms with Gasteiger partial charge >= 0.3 is 0 Å². The van der Waals surface area contributed by atoms with Crippen molar-refractivity contribution < 1.29 is 4.39 Å². The van der Waals surface area contributed by atoms with E-state index >= 15 is 0 Å². The number of halogens is 1. The lowest BCUT2D eigenvalue weighted by atomic mass is 9.97. The van der Waals surface area contributed by atoms with Gasteiger partial charge in [0.05, 0.1) is 5.52 Å². The van der Waals surface area contributed by atoms with Gasteiger partial charge in [0.2, 0.25) is 0 Å². The molecule has 0 saturated heterocycles. The number of rotatable bonds is 3. The zero-order valence-electron chi connectivity index (χ0n) is 15.2. The topological polar surface area (TPSA) is 8.17 Å². The zero-order valence-corrected chi connectivity index (χ0v) is 15.2. The van der Waals surface area contributed by atoms with Crippen molar-refractivity contribution in [3.05, 3.63) is 70.7 Å². The summed E-state index contributed by atoms with van der Waals surface area (Å²) in [6.45, 7) is 6.18. The van der Waals surface area contributed by atoms with Gasteiger partial charge in [-0.25, -0.2) is 4.39 Å². The Labute approximate surface area is 148 Å². The lowest BCUT2D eigenvalue weighted by molar-refractivity contribution is 0.245. The van der Waals surface area contributed by atoms with E-state index in [9.17, 15) is 4.39 Å². The third-order valence-electron chi connectivity index (χ3n) is 5.71. The van der Waals surface area contributed by atoms with E-state index in [0.717, 1.165) is 36.8 Å². The summed E-state index contributed by atoms with van der Waals surface area (Å²) in [6.07, 6.45) is 1.91. The number of aryl methyl sites for hydroxylation is 3. The predicted octanol–water partition coefficient (Wildman–Crippen LogP) is 4.88. The highest BCUT2D eigenvalue weighted by molar-refractivity contribution is 5.87. The van der Waals surface area contributed by atoms with E-state index in [2.05, 4.69) is 60.7 Å². The number of benzene rings is 2. The summed E-state index contributed by atoms with van der Waals surface area (Å²) < 4.78 is 16.9. The number of nitrogens with zero attached hydrogens (tertiary/aromatic N) is 2. The molecule has 0 amide bonds. The Kier molecular flexibility index (Phi) is 4.12. The van der Waals surface area contributed by atoms with Gasteiger partial charge in [-0.3, -0.25) is 4.90 Å². The van der Waals surface area contributed by atoms with E-state index in [4.69, 9.17) is 0 Å². The van der Waals surface area contributed by atoms with Crippen LogP contribution in [-0.2, 0) is 19.4 Å². The molecule has 1 aliphatic heterocycles. The first kappa shape index (κ1) is 16.3. The van der Waals surface area contributed by atoms with Crippen molar-refractivity contribution in [2.45, 2.75) is 39.3 Å². The molecule has 0 fully saturated rings. The molecule has 0 bridgehead atoms. The predicted molar refractivity (Wildman–Crippen MR) is 102 cm³/mol. The van der Waals surface area contributed by atoms with Crippen molar-refractivity contribution in [1.82, 2.24) is 9.47 Å². The van der Waals surface area contributed by atoms with Crippen molar-refractivity contribution in [3.63, 3.8) is 0 Å². The van der Waals surface area contributed by atoms with E-state index in [1.54, 1.807) is 6.07 Å². The number of fused-ring (bicyclic) bond motifs is 3. The standard InChI is InChI=1S/C22H25FN2/c1-15-7-9-17(10-8-15)11-14-25-20-12-13-24(3)16(2)21(20)18-5-4-6-19(23)22(18)25/h4-10,16H,11-14H2,1-3H3. The molecular formula is C22H25FN2. The van der Waals surface area contributed by atoms with Crippen LogP contribution >= 0.6 is 0 Å². The minimum atomic E-state index is -0.106. The molecule has 0 saturated carbocycles. The maximum absolute atomic E-state index is 14.7. The van der Waals surface area contributed by atoms with Gasteiger partial charge in [-0.1, -0.05) is 42.0 Å². The van der Waals surface area contributed by atoms with Crippen LogP contribution in [-0.4, -0.2) is 23.1 Å². The van der Waals surface area contributed by atoms with E-state index in [0.29, 0.717) is 6.04 Å². The molecule has 0 aliphatic carbocycles. The van der Waals surface area contributed by atoms with Crippen molar-refractivity contribution in [1.29, 1.82) is 0 Å². The molecule has 25 heavy (non-hydrogen) atoms. The number of hydrogen-bond donors (Lipinski definition) is 0. The summed E-state index contributed by atoms with van der Waals surface area (Å²) in [6, 6.07) is 14.5. The Balaban J connectivity index is 1.79. The molecule has 2 heterocycles. The van der Waals surface area contributed by atoms with Crippen molar-refractivity contribution in [3.8, 4) is 0 Å². The normalized spacial score (nSPS) is 17.8. The molecule has 1 atom stereocenters. The Bertz CT molecular complexity index is 908. The Morgan fingerprint density at radius 1 is 1.12 bits per heavy atom. The average molecular weight is 336 g/mol. The molecule has 3 aromatic rings. The highest BCUT2D eigenvalue weighted by atomic mass is 19.1. The highest BCUT2D eigenvalue weighted by Gasteiger charge is 2.28. The fourth-order valence-corrected chi connectivity index (χ4v) is 4.12. The number of para-hydroxylation sites is 1. The third-order valence-corrected chi connectivity index (χ3v) is 5.71. The average Bonchev–Trinajstić information content (AvgIpc) is 2.93. The monoisotopic (exact) mass is 336 g/mol. The number of hydrogen-bond acceptors (Lipinski definition) is 1. The third kappa shape index (κ3) is 2.77. The van der Waals surface area contributed by atoms with Crippen LogP contribution in [0.5, 0.6) is 0 Å². The van der Waals surface area contributed by atoms with Crippen LogP contribution in [0.3, 0.4) is 0 Å².